The van der Waals surface area contributed by atoms with Crippen LogP contribution >= 0.6 is 0 Å². The van der Waals surface area contributed by atoms with E-state index in [1.807, 2.05) is 24.3 Å². The van der Waals surface area contributed by atoms with E-state index in [0.29, 0.717) is 5.82 Å². The average molecular weight is 273 g/mol. The lowest BCUT2D eigenvalue weighted by Gasteiger charge is -2.09. The number of ether oxygens (including phenoxy) is 1. The normalized spacial score (nSPS) is 10.7. The third-order valence-electron chi connectivity index (χ3n) is 3.53. The van der Waals surface area contributed by atoms with Gasteiger partial charge < -0.3 is 10.5 Å². The van der Waals surface area contributed by atoms with Gasteiger partial charge in [-0.25, -0.2) is 0 Å². The lowest BCUT2D eigenvalue weighted by atomic mass is 10.0. The van der Waals surface area contributed by atoms with Crippen molar-refractivity contribution in [2.75, 3.05) is 12.8 Å². The first-order valence-corrected chi connectivity index (χ1v) is 7.24. The minimum atomic E-state index is 0.542. The molecule has 20 heavy (non-hydrogen) atoms. The van der Waals surface area contributed by atoms with Crippen molar-refractivity contribution in [2.24, 2.45) is 0 Å². The summed E-state index contributed by atoms with van der Waals surface area (Å²) in [5.74, 6) is 1.37. The van der Waals surface area contributed by atoms with Crippen molar-refractivity contribution < 1.29 is 4.74 Å². The molecule has 0 aliphatic carbocycles. The van der Waals surface area contributed by atoms with Crippen molar-refractivity contribution in [3.8, 4) is 16.9 Å². The van der Waals surface area contributed by atoms with Crippen molar-refractivity contribution in [2.45, 2.75) is 39.0 Å². The van der Waals surface area contributed by atoms with Crippen LogP contribution in [0.4, 0.5) is 5.82 Å². The molecule has 0 saturated carbocycles. The van der Waals surface area contributed by atoms with Gasteiger partial charge >= 0.3 is 0 Å². The molecule has 0 bridgehead atoms. The molecule has 2 rings (SSSR count). The van der Waals surface area contributed by atoms with E-state index in [-0.39, 0.29) is 0 Å². The van der Waals surface area contributed by atoms with Crippen LogP contribution in [0.3, 0.4) is 0 Å². The number of aromatic nitrogens is 2. The molecule has 108 valence electrons. The van der Waals surface area contributed by atoms with Crippen LogP contribution in [0.1, 0.15) is 38.3 Å². The minimum absolute atomic E-state index is 0.542. The Morgan fingerprint density at radius 3 is 2.75 bits per heavy atom. The van der Waals surface area contributed by atoms with Gasteiger partial charge in [-0.15, -0.1) is 0 Å². The molecule has 1 aromatic heterocycles. The predicted molar refractivity (Wildman–Crippen MR) is 82.8 cm³/mol. The number of benzene rings is 1. The second-order valence-electron chi connectivity index (χ2n) is 4.97. The van der Waals surface area contributed by atoms with Gasteiger partial charge in [0.1, 0.15) is 5.75 Å². The van der Waals surface area contributed by atoms with Crippen LogP contribution in [-0.2, 0) is 6.42 Å². The number of para-hydroxylation sites is 1. The van der Waals surface area contributed by atoms with Gasteiger partial charge in [-0.3, -0.25) is 5.10 Å². The Morgan fingerprint density at radius 2 is 2.00 bits per heavy atom. The SMILES string of the molecule is CCCCCCc1[nH]nc(N)c1-c1ccccc1OC. The molecular formula is C16H23N3O. The number of rotatable bonds is 7. The van der Waals surface area contributed by atoms with Gasteiger partial charge in [0.25, 0.3) is 0 Å². The molecule has 1 aromatic carbocycles. The highest BCUT2D eigenvalue weighted by Gasteiger charge is 2.16. The van der Waals surface area contributed by atoms with E-state index in [2.05, 4.69) is 17.1 Å². The summed E-state index contributed by atoms with van der Waals surface area (Å²) in [6.45, 7) is 2.22. The van der Waals surface area contributed by atoms with Crippen molar-refractivity contribution in [3.05, 3.63) is 30.0 Å². The third-order valence-corrected chi connectivity index (χ3v) is 3.53. The molecule has 4 nitrogen and oxygen atoms in total. The quantitative estimate of drug-likeness (QED) is 0.754. The van der Waals surface area contributed by atoms with E-state index in [1.165, 1.54) is 19.3 Å². The first-order valence-electron chi connectivity index (χ1n) is 7.24. The molecular weight excluding hydrogens is 250 g/mol. The molecule has 3 N–H and O–H groups in total. The lowest BCUT2D eigenvalue weighted by molar-refractivity contribution is 0.416. The van der Waals surface area contributed by atoms with Crippen LogP contribution in [0.25, 0.3) is 11.1 Å². The average Bonchev–Trinajstić information content (AvgIpc) is 2.84. The number of aryl methyl sites for hydroxylation is 1. The maximum absolute atomic E-state index is 6.03. The Labute approximate surface area is 120 Å². The Morgan fingerprint density at radius 1 is 1.20 bits per heavy atom. The Kier molecular flexibility index (Phi) is 5.04. The van der Waals surface area contributed by atoms with Crippen LogP contribution in [0.15, 0.2) is 24.3 Å². The number of unbranched alkanes of at least 4 members (excludes halogenated alkanes) is 3. The number of hydrogen-bond acceptors (Lipinski definition) is 3. The maximum Gasteiger partial charge on any atom is 0.153 e. The molecule has 0 saturated heterocycles. The largest absolute Gasteiger partial charge is 0.496 e. The highest BCUT2D eigenvalue weighted by atomic mass is 16.5. The highest BCUT2D eigenvalue weighted by Crippen LogP contribution is 2.35. The highest BCUT2D eigenvalue weighted by molar-refractivity contribution is 5.80. The summed E-state index contributed by atoms with van der Waals surface area (Å²) in [6, 6.07) is 7.92. The second-order valence-corrected chi connectivity index (χ2v) is 4.97. The van der Waals surface area contributed by atoms with Crippen molar-refractivity contribution >= 4 is 5.82 Å². The van der Waals surface area contributed by atoms with Gasteiger partial charge in [-0.1, -0.05) is 44.4 Å². The molecule has 0 spiro atoms. The monoisotopic (exact) mass is 273 g/mol. The fraction of sp³-hybridized carbons (Fsp3) is 0.438. The summed E-state index contributed by atoms with van der Waals surface area (Å²) in [4.78, 5) is 0. The van der Waals surface area contributed by atoms with E-state index >= 15 is 0 Å². The number of nitrogen functional groups attached to an aromatic ring is 1. The fourth-order valence-electron chi connectivity index (χ4n) is 2.46. The Hall–Kier alpha value is -1.97. The number of nitrogens with two attached hydrogens (primary N) is 1. The van der Waals surface area contributed by atoms with Gasteiger partial charge in [0.05, 0.1) is 12.7 Å². The molecule has 0 atom stereocenters. The fourth-order valence-corrected chi connectivity index (χ4v) is 2.46. The number of methoxy groups -OCH3 is 1. The van der Waals surface area contributed by atoms with Crippen LogP contribution in [0.2, 0.25) is 0 Å². The summed E-state index contributed by atoms with van der Waals surface area (Å²) in [7, 11) is 1.68. The van der Waals surface area contributed by atoms with Crippen molar-refractivity contribution in [1.82, 2.24) is 10.2 Å². The van der Waals surface area contributed by atoms with Crippen LogP contribution in [0.5, 0.6) is 5.75 Å². The molecule has 0 aliphatic heterocycles. The first-order chi connectivity index (χ1) is 9.77. The van der Waals surface area contributed by atoms with Gasteiger partial charge in [0, 0.05) is 11.3 Å². The number of nitrogens with zero attached hydrogens (tertiary/aromatic N) is 1. The summed E-state index contributed by atoms with van der Waals surface area (Å²) >= 11 is 0. The van der Waals surface area contributed by atoms with Crippen molar-refractivity contribution in [1.29, 1.82) is 0 Å². The van der Waals surface area contributed by atoms with E-state index in [4.69, 9.17) is 10.5 Å². The number of anilines is 1. The van der Waals surface area contributed by atoms with Gasteiger partial charge in [0.15, 0.2) is 5.82 Å². The molecule has 0 radical (unpaired) electrons. The zero-order valence-electron chi connectivity index (χ0n) is 12.3. The van der Waals surface area contributed by atoms with Crippen LogP contribution in [-0.4, -0.2) is 17.3 Å². The molecule has 2 aromatic rings. The van der Waals surface area contributed by atoms with Gasteiger partial charge in [-0.05, 0) is 18.9 Å². The maximum atomic E-state index is 6.03. The predicted octanol–water partition coefficient (Wildman–Crippen LogP) is 3.79. The summed E-state index contributed by atoms with van der Waals surface area (Å²) < 4.78 is 5.42. The zero-order chi connectivity index (χ0) is 14.4. The minimum Gasteiger partial charge on any atom is -0.496 e. The number of aromatic amines is 1. The second kappa shape index (κ2) is 6.98. The summed E-state index contributed by atoms with van der Waals surface area (Å²) in [5, 5.41) is 7.23. The molecule has 0 amide bonds. The van der Waals surface area contributed by atoms with E-state index in [1.54, 1.807) is 7.11 Å². The third kappa shape index (κ3) is 3.13. The number of hydrogen-bond donors (Lipinski definition) is 2. The Balaban J connectivity index is 2.24. The summed E-state index contributed by atoms with van der Waals surface area (Å²) in [5.41, 5.74) is 9.12. The van der Waals surface area contributed by atoms with E-state index in [0.717, 1.165) is 35.4 Å². The Bertz CT molecular complexity index is 548. The molecule has 0 fully saturated rings. The smallest absolute Gasteiger partial charge is 0.153 e. The van der Waals surface area contributed by atoms with Crippen LogP contribution < -0.4 is 10.5 Å². The van der Waals surface area contributed by atoms with Gasteiger partial charge in [0.2, 0.25) is 0 Å². The molecule has 0 aliphatic rings. The standard InChI is InChI=1S/C16H23N3O/c1-3-4-5-6-10-13-15(16(17)19-18-13)12-9-7-8-11-14(12)20-2/h7-9,11H,3-6,10H2,1-2H3,(H3,17,18,19). The van der Waals surface area contributed by atoms with Crippen LogP contribution in [0, 0.1) is 0 Å². The topological polar surface area (TPSA) is 63.9 Å². The lowest BCUT2D eigenvalue weighted by Crippen LogP contribution is -1.94. The summed E-state index contributed by atoms with van der Waals surface area (Å²) in [6.07, 6.45) is 5.87. The van der Waals surface area contributed by atoms with E-state index < -0.39 is 0 Å². The zero-order valence-corrected chi connectivity index (χ0v) is 12.3. The molecule has 0 unspecified atom stereocenters. The van der Waals surface area contributed by atoms with E-state index in [9.17, 15) is 0 Å². The number of H-pyrrole nitrogens is 1. The molecule has 1 heterocycles. The first kappa shape index (κ1) is 14.4. The number of nitrogens with one attached hydrogen (secondary N) is 1. The van der Waals surface area contributed by atoms with Crippen molar-refractivity contribution in [3.63, 3.8) is 0 Å². The molecule has 4 heteroatoms. The van der Waals surface area contributed by atoms with Gasteiger partial charge in [-0.2, -0.15) is 5.10 Å².